The Labute approximate surface area is 141 Å². The third kappa shape index (κ3) is 2.89. The molecule has 3 rings (SSSR count). The summed E-state index contributed by atoms with van der Waals surface area (Å²) in [6, 6.07) is 7.28. The Bertz CT molecular complexity index is 727. The van der Waals surface area contributed by atoms with Gasteiger partial charge in [-0.05, 0) is 0 Å². The number of hydrogen-bond donors (Lipinski definition) is 2. The highest BCUT2D eigenvalue weighted by molar-refractivity contribution is 6.16. The number of morpholine rings is 1. The van der Waals surface area contributed by atoms with Crippen molar-refractivity contribution >= 4 is 11.7 Å². The third-order valence-electron chi connectivity index (χ3n) is 4.02. The van der Waals surface area contributed by atoms with Crippen LogP contribution < -0.4 is 0 Å². The standard InChI is InChI=1S/C16H15F3N2O4/c17-16(18,19)15(23)11(13(22)10-4-2-1-3-5-10)12(14(20)25-15)21-6-8-24-9-7-21/h1-5,20,23H,6-9H2. The van der Waals surface area contributed by atoms with Gasteiger partial charge in [-0.25, -0.2) is 0 Å². The molecule has 1 saturated heterocycles. The lowest BCUT2D eigenvalue weighted by Gasteiger charge is -2.30. The molecule has 0 spiro atoms. The maximum Gasteiger partial charge on any atom is 0.460 e. The van der Waals surface area contributed by atoms with Crippen LogP contribution in [-0.2, 0) is 9.47 Å². The van der Waals surface area contributed by atoms with Gasteiger partial charge in [0.2, 0.25) is 5.90 Å². The quantitative estimate of drug-likeness (QED) is 0.806. The summed E-state index contributed by atoms with van der Waals surface area (Å²) in [5.41, 5.74) is -1.38. The number of halogens is 3. The summed E-state index contributed by atoms with van der Waals surface area (Å²) < 4.78 is 50.1. The van der Waals surface area contributed by atoms with Crippen molar-refractivity contribution in [2.45, 2.75) is 12.0 Å². The molecule has 2 aliphatic rings. The molecule has 1 fully saturated rings. The van der Waals surface area contributed by atoms with Crippen molar-refractivity contribution in [1.29, 1.82) is 5.41 Å². The van der Waals surface area contributed by atoms with Gasteiger partial charge in [-0.3, -0.25) is 10.2 Å². The lowest BCUT2D eigenvalue weighted by molar-refractivity contribution is -0.316. The van der Waals surface area contributed by atoms with Crippen LogP contribution in [0.1, 0.15) is 10.4 Å². The Balaban J connectivity index is 2.16. The van der Waals surface area contributed by atoms with Gasteiger partial charge in [0.05, 0.1) is 13.2 Å². The first-order valence-electron chi connectivity index (χ1n) is 7.50. The molecule has 0 aromatic heterocycles. The predicted octanol–water partition coefficient (Wildman–Crippen LogP) is 1.71. The summed E-state index contributed by atoms with van der Waals surface area (Å²) in [5, 5.41) is 18.0. The second-order valence-electron chi connectivity index (χ2n) is 5.59. The number of hydrogen-bond acceptors (Lipinski definition) is 6. The Morgan fingerprint density at radius 1 is 1.20 bits per heavy atom. The number of benzene rings is 1. The maximum atomic E-state index is 13.5. The molecule has 0 radical (unpaired) electrons. The van der Waals surface area contributed by atoms with Gasteiger partial charge < -0.3 is 19.5 Å². The van der Waals surface area contributed by atoms with Gasteiger partial charge in [-0.1, -0.05) is 30.3 Å². The van der Waals surface area contributed by atoms with Crippen LogP contribution in [0, 0.1) is 5.41 Å². The van der Waals surface area contributed by atoms with Crippen LogP contribution in [0.4, 0.5) is 13.2 Å². The van der Waals surface area contributed by atoms with Crippen LogP contribution in [0.25, 0.3) is 0 Å². The number of Topliss-reactive ketones (excluding diaryl/α,β-unsaturated/α-hetero) is 1. The summed E-state index contributed by atoms with van der Waals surface area (Å²) in [4.78, 5) is 14.1. The summed E-state index contributed by atoms with van der Waals surface area (Å²) >= 11 is 0. The zero-order chi connectivity index (χ0) is 18.2. The molecule has 1 atom stereocenters. The summed E-state index contributed by atoms with van der Waals surface area (Å²) in [7, 11) is 0. The van der Waals surface area contributed by atoms with Crippen LogP contribution in [0.2, 0.25) is 0 Å². The lowest BCUT2D eigenvalue weighted by atomic mass is 9.94. The molecule has 0 amide bonds. The van der Waals surface area contributed by atoms with E-state index in [1.165, 1.54) is 29.2 Å². The van der Waals surface area contributed by atoms with Crippen LogP contribution >= 0.6 is 0 Å². The molecule has 6 nitrogen and oxygen atoms in total. The molecule has 2 aliphatic heterocycles. The van der Waals surface area contributed by atoms with Gasteiger partial charge in [0.25, 0.3) is 0 Å². The largest absolute Gasteiger partial charge is 0.460 e. The molecule has 25 heavy (non-hydrogen) atoms. The second-order valence-corrected chi connectivity index (χ2v) is 5.59. The SMILES string of the molecule is N=C1OC(O)(C(F)(F)F)C(C(=O)c2ccccc2)=C1N1CCOCC1. The Morgan fingerprint density at radius 2 is 1.80 bits per heavy atom. The van der Waals surface area contributed by atoms with E-state index in [1.54, 1.807) is 6.07 Å². The molecule has 0 aliphatic carbocycles. The Kier molecular flexibility index (Phi) is 4.29. The van der Waals surface area contributed by atoms with E-state index >= 15 is 0 Å². The average molecular weight is 356 g/mol. The zero-order valence-electron chi connectivity index (χ0n) is 13.0. The van der Waals surface area contributed by atoms with E-state index in [0.29, 0.717) is 0 Å². The summed E-state index contributed by atoms with van der Waals surface area (Å²) in [5.74, 6) is -5.78. The van der Waals surface area contributed by atoms with E-state index in [2.05, 4.69) is 4.74 Å². The maximum absolute atomic E-state index is 13.5. The first-order valence-corrected chi connectivity index (χ1v) is 7.50. The van der Waals surface area contributed by atoms with E-state index in [1.807, 2.05) is 0 Å². The number of nitrogens with one attached hydrogen (secondary N) is 1. The van der Waals surface area contributed by atoms with Crippen molar-refractivity contribution in [2.24, 2.45) is 0 Å². The fourth-order valence-electron chi connectivity index (χ4n) is 2.80. The highest BCUT2D eigenvalue weighted by atomic mass is 19.4. The van der Waals surface area contributed by atoms with Gasteiger partial charge in [-0.2, -0.15) is 13.2 Å². The number of carbonyl (C=O) groups excluding carboxylic acids is 1. The van der Waals surface area contributed by atoms with E-state index in [4.69, 9.17) is 10.1 Å². The molecule has 1 unspecified atom stereocenters. The highest BCUT2D eigenvalue weighted by Gasteiger charge is 2.66. The van der Waals surface area contributed by atoms with Crippen molar-refractivity contribution in [1.82, 2.24) is 4.90 Å². The monoisotopic (exact) mass is 356 g/mol. The minimum atomic E-state index is -5.28. The van der Waals surface area contributed by atoms with Crippen molar-refractivity contribution in [2.75, 3.05) is 26.3 Å². The van der Waals surface area contributed by atoms with Crippen LogP contribution in [0.3, 0.4) is 0 Å². The molecule has 2 heterocycles. The molecule has 9 heteroatoms. The molecular formula is C16H15F3N2O4. The van der Waals surface area contributed by atoms with Crippen molar-refractivity contribution in [3.8, 4) is 0 Å². The summed E-state index contributed by atoms with van der Waals surface area (Å²) in [6.07, 6.45) is -5.28. The molecule has 134 valence electrons. The van der Waals surface area contributed by atoms with E-state index < -0.39 is 29.2 Å². The minimum absolute atomic E-state index is 0.0377. The number of aliphatic hydroxyl groups is 1. The lowest BCUT2D eigenvalue weighted by Crippen LogP contribution is -2.49. The van der Waals surface area contributed by atoms with Gasteiger partial charge in [0.15, 0.2) is 5.78 Å². The average Bonchev–Trinajstić information content (AvgIpc) is 2.87. The van der Waals surface area contributed by atoms with Crippen molar-refractivity contribution in [3.63, 3.8) is 0 Å². The van der Waals surface area contributed by atoms with Gasteiger partial charge >= 0.3 is 12.0 Å². The van der Waals surface area contributed by atoms with Gasteiger partial charge in [0, 0.05) is 18.7 Å². The fourth-order valence-corrected chi connectivity index (χ4v) is 2.80. The molecule has 1 aromatic carbocycles. The van der Waals surface area contributed by atoms with Crippen LogP contribution in [0.15, 0.2) is 41.6 Å². The Hall–Kier alpha value is -2.39. The topological polar surface area (TPSA) is 82.8 Å². The number of ketones is 1. The first kappa shape index (κ1) is 17.4. The number of rotatable bonds is 3. The molecule has 1 aromatic rings. The third-order valence-corrected chi connectivity index (χ3v) is 4.02. The first-order chi connectivity index (χ1) is 11.8. The summed E-state index contributed by atoms with van der Waals surface area (Å²) in [6.45, 7) is 0.823. The number of ether oxygens (including phenoxy) is 2. The number of carbonyl (C=O) groups is 1. The van der Waals surface area contributed by atoms with E-state index in [0.717, 1.165) is 0 Å². The van der Waals surface area contributed by atoms with Crippen LogP contribution in [0.5, 0.6) is 0 Å². The molecule has 2 N–H and O–H groups in total. The number of nitrogens with zero attached hydrogens (tertiary/aromatic N) is 1. The smallest absolute Gasteiger partial charge is 0.430 e. The second kappa shape index (κ2) is 6.16. The fraction of sp³-hybridized carbons (Fsp3) is 0.375. The van der Waals surface area contributed by atoms with Gasteiger partial charge in [-0.15, -0.1) is 0 Å². The molecule has 0 saturated carbocycles. The van der Waals surface area contributed by atoms with Gasteiger partial charge in [0.1, 0.15) is 11.3 Å². The highest BCUT2D eigenvalue weighted by Crippen LogP contribution is 2.45. The molecule has 0 bridgehead atoms. The van der Waals surface area contributed by atoms with Crippen molar-refractivity contribution in [3.05, 3.63) is 47.2 Å². The van der Waals surface area contributed by atoms with Crippen LogP contribution in [-0.4, -0.2) is 60.0 Å². The predicted molar refractivity (Wildman–Crippen MR) is 80.0 cm³/mol. The van der Waals surface area contributed by atoms with E-state index in [-0.39, 0.29) is 37.6 Å². The van der Waals surface area contributed by atoms with E-state index in [9.17, 15) is 23.1 Å². The normalized spacial score (nSPS) is 24.5. The molecular weight excluding hydrogens is 341 g/mol. The van der Waals surface area contributed by atoms with Crippen molar-refractivity contribution < 1.29 is 32.5 Å². The Morgan fingerprint density at radius 3 is 2.36 bits per heavy atom. The zero-order valence-corrected chi connectivity index (χ0v) is 13.0. The number of alkyl halides is 3. The minimum Gasteiger partial charge on any atom is -0.430 e.